The Hall–Kier alpha value is -1.32. The van der Waals surface area contributed by atoms with Crippen LogP contribution in [0.3, 0.4) is 0 Å². The number of aliphatic carboxylic acids is 1. The predicted octanol–water partition coefficient (Wildman–Crippen LogP) is 15.8. The topological polar surface area (TPSA) is 63.6 Å². The van der Waals surface area contributed by atoms with Crippen LogP contribution in [-0.4, -0.2) is 23.1 Å². The Morgan fingerprint density at radius 2 is 0.760 bits per heavy atom. The third-order valence-electron chi connectivity index (χ3n) is 10.5. The molecular weight excluding hydrogens is 617 g/mol. The molecule has 0 heterocycles. The zero-order valence-electron chi connectivity index (χ0n) is 34.0. The van der Waals surface area contributed by atoms with Gasteiger partial charge >= 0.3 is 11.9 Å². The van der Waals surface area contributed by atoms with Crippen molar-refractivity contribution in [1.82, 2.24) is 0 Å². The molecule has 0 amide bonds. The van der Waals surface area contributed by atoms with E-state index in [2.05, 4.69) is 26.0 Å². The highest BCUT2D eigenvalue weighted by Crippen LogP contribution is 2.18. The number of carbonyl (C=O) groups excluding carboxylic acids is 1. The third kappa shape index (κ3) is 41.1. The summed E-state index contributed by atoms with van der Waals surface area (Å²) in [5.74, 6) is -0.624. The number of hydrogen-bond acceptors (Lipinski definition) is 3. The molecule has 50 heavy (non-hydrogen) atoms. The van der Waals surface area contributed by atoms with Crippen LogP contribution < -0.4 is 0 Å². The molecule has 0 saturated heterocycles. The predicted molar refractivity (Wildman–Crippen MR) is 218 cm³/mol. The molecule has 0 aromatic carbocycles. The number of rotatable bonds is 42. The summed E-state index contributed by atoms with van der Waals surface area (Å²) in [4.78, 5) is 23.0. The Morgan fingerprint density at radius 3 is 1.14 bits per heavy atom. The number of carboxylic acid groups (broad SMARTS) is 1. The fraction of sp³-hybridized carbons (Fsp3) is 0.913. The van der Waals surface area contributed by atoms with Gasteiger partial charge in [-0.15, -0.1) is 0 Å². The van der Waals surface area contributed by atoms with Crippen LogP contribution in [0.4, 0.5) is 0 Å². The average Bonchev–Trinajstić information content (AvgIpc) is 3.10. The number of carbonyl (C=O) groups is 2. The molecule has 296 valence electrons. The summed E-state index contributed by atoms with van der Waals surface area (Å²) in [7, 11) is 0. The number of unbranched alkanes of at least 4 members (excludes halogenated alkanes) is 31. The van der Waals surface area contributed by atoms with Crippen LogP contribution in [0, 0.1) is 0 Å². The van der Waals surface area contributed by atoms with Gasteiger partial charge in [0.15, 0.2) is 0 Å². The lowest BCUT2D eigenvalue weighted by Crippen LogP contribution is -2.18. The zero-order valence-corrected chi connectivity index (χ0v) is 34.0. The average molecular weight is 705 g/mol. The maximum absolute atomic E-state index is 12.5. The SMILES string of the molecule is CCCCCCCC/C=C\CCCCCCCCCCCC(=O)OC(CCC)CCCCCCCCCCCCCCCCCCCC(=O)O. The molecule has 4 heteroatoms. The van der Waals surface area contributed by atoms with E-state index in [-0.39, 0.29) is 12.1 Å². The van der Waals surface area contributed by atoms with Gasteiger partial charge in [0.2, 0.25) is 0 Å². The molecule has 0 aliphatic carbocycles. The van der Waals surface area contributed by atoms with Crippen molar-refractivity contribution < 1.29 is 19.4 Å². The molecule has 0 bridgehead atoms. The second kappa shape index (κ2) is 42.1. The van der Waals surface area contributed by atoms with Crippen LogP contribution in [-0.2, 0) is 14.3 Å². The lowest BCUT2D eigenvalue weighted by atomic mass is 10.0. The molecule has 0 saturated carbocycles. The molecule has 0 rings (SSSR count). The molecule has 1 N–H and O–H groups in total. The minimum atomic E-state index is -0.661. The molecule has 0 radical (unpaired) electrons. The van der Waals surface area contributed by atoms with Crippen molar-refractivity contribution in [3.63, 3.8) is 0 Å². The van der Waals surface area contributed by atoms with Crippen LogP contribution >= 0.6 is 0 Å². The van der Waals surface area contributed by atoms with E-state index >= 15 is 0 Å². The van der Waals surface area contributed by atoms with Gasteiger partial charge in [0.1, 0.15) is 6.10 Å². The minimum Gasteiger partial charge on any atom is -0.481 e. The van der Waals surface area contributed by atoms with Crippen LogP contribution in [0.1, 0.15) is 264 Å². The van der Waals surface area contributed by atoms with Crippen molar-refractivity contribution in [3.8, 4) is 0 Å². The second-order valence-corrected chi connectivity index (χ2v) is 15.6. The number of esters is 1. The van der Waals surface area contributed by atoms with E-state index in [0.29, 0.717) is 12.8 Å². The van der Waals surface area contributed by atoms with E-state index in [9.17, 15) is 9.59 Å². The normalized spacial score (nSPS) is 12.2. The monoisotopic (exact) mass is 705 g/mol. The molecule has 0 aliphatic heterocycles. The number of allylic oxidation sites excluding steroid dienone is 2. The van der Waals surface area contributed by atoms with Crippen LogP contribution in [0.15, 0.2) is 12.2 Å². The first kappa shape index (κ1) is 48.7. The van der Waals surface area contributed by atoms with E-state index in [1.165, 1.54) is 193 Å². The van der Waals surface area contributed by atoms with Crippen molar-refractivity contribution in [3.05, 3.63) is 12.2 Å². The maximum atomic E-state index is 12.5. The summed E-state index contributed by atoms with van der Waals surface area (Å²) in [6.45, 7) is 4.48. The van der Waals surface area contributed by atoms with E-state index in [4.69, 9.17) is 9.84 Å². The van der Waals surface area contributed by atoms with Crippen LogP contribution in [0.2, 0.25) is 0 Å². The summed E-state index contributed by atoms with van der Waals surface area (Å²) < 4.78 is 5.91. The molecule has 0 aliphatic rings. The van der Waals surface area contributed by atoms with Gasteiger partial charge < -0.3 is 9.84 Å². The van der Waals surface area contributed by atoms with Gasteiger partial charge in [-0.25, -0.2) is 0 Å². The highest BCUT2D eigenvalue weighted by atomic mass is 16.5. The molecular formula is C46H88O4. The molecule has 1 unspecified atom stereocenters. The molecule has 0 aromatic rings. The smallest absolute Gasteiger partial charge is 0.306 e. The summed E-state index contributed by atoms with van der Waals surface area (Å²) in [5.41, 5.74) is 0. The summed E-state index contributed by atoms with van der Waals surface area (Å²) in [5, 5.41) is 8.67. The lowest BCUT2D eigenvalue weighted by molar-refractivity contribution is -0.150. The minimum absolute atomic E-state index is 0.0365. The molecule has 4 nitrogen and oxygen atoms in total. The second-order valence-electron chi connectivity index (χ2n) is 15.6. The Bertz CT molecular complexity index is 717. The Morgan fingerprint density at radius 1 is 0.420 bits per heavy atom. The van der Waals surface area contributed by atoms with Crippen molar-refractivity contribution in [2.45, 2.75) is 270 Å². The van der Waals surface area contributed by atoms with Gasteiger partial charge in [-0.2, -0.15) is 0 Å². The fourth-order valence-electron chi connectivity index (χ4n) is 7.18. The van der Waals surface area contributed by atoms with Gasteiger partial charge in [0.25, 0.3) is 0 Å². The highest BCUT2D eigenvalue weighted by molar-refractivity contribution is 5.69. The van der Waals surface area contributed by atoms with Crippen molar-refractivity contribution >= 4 is 11.9 Å². The summed E-state index contributed by atoms with van der Waals surface area (Å²) in [6.07, 6.45) is 53.2. The van der Waals surface area contributed by atoms with Crippen molar-refractivity contribution in [1.29, 1.82) is 0 Å². The highest BCUT2D eigenvalue weighted by Gasteiger charge is 2.13. The van der Waals surface area contributed by atoms with E-state index in [0.717, 1.165) is 44.9 Å². The number of carboxylic acids is 1. The Labute approximate surface area is 313 Å². The summed E-state index contributed by atoms with van der Waals surface area (Å²) in [6, 6.07) is 0. The Balaban J connectivity index is 3.47. The van der Waals surface area contributed by atoms with Crippen molar-refractivity contribution in [2.24, 2.45) is 0 Å². The lowest BCUT2D eigenvalue weighted by Gasteiger charge is -2.17. The Kier molecular flexibility index (Phi) is 41.0. The largest absolute Gasteiger partial charge is 0.481 e. The first-order valence-electron chi connectivity index (χ1n) is 22.7. The first-order valence-corrected chi connectivity index (χ1v) is 22.7. The van der Waals surface area contributed by atoms with Crippen molar-refractivity contribution in [2.75, 3.05) is 0 Å². The third-order valence-corrected chi connectivity index (χ3v) is 10.5. The number of ether oxygens (including phenoxy) is 1. The van der Waals surface area contributed by atoms with E-state index < -0.39 is 5.97 Å². The summed E-state index contributed by atoms with van der Waals surface area (Å²) >= 11 is 0. The molecule has 0 spiro atoms. The maximum Gasteiger partial charge on any atom is 0.306 e. The van der Waals surface area contributed by atoms with Crippen LogP contribution in [0.5, 0.6) is 0 Å². The zero-order chi connectivity index (χ0) is 36.4. The van der Waals surface area contributed by atoms with Gasteiger partial charge in [0.05, 0.1) is 0 Å². The van der Waals surface area contributed by atoms with Gasteiger partial charge in [-0.3, -0.25) is 9.59 Å². The standard InChI is InChI=1S/C46H88O4/c1-3-5-6-7-8-9-10-11-12-13-14-18-21-24-27-30-33-36-39-43-46(49)50-44(40-4-2)41-37-34-31-28-25-22-19-16-15-17-20-23-26-29-32-35-38-42-45(47)48/h11-12,44H,3-10,13-43H2,1-2H3,(H,47,48)/b12-11-. The van der Waals surface area contributed by atoms with E-state index in [1.807, 2.05) is 0 Å². The fourth-order valence-corrected chi connectivity index (χ4v) is 7.18. The van der Waals surface area contributed by atoms with Gasteiger partial charge in [-0.05, 0) is 57.8 Å². The van der Waals surface area contributed by atoms with Gasteiger partial charge in [-0.1, -0.05) is 206 Å². The number of hydrogen-bond donors (Lipinski definition) is 1. The molecule has 0 aromatic heterocycles. The van der Waals surface area contributed by atoms with Crippen LogP contribution in [0.25, 0.3) is 0 Å². The quantitative estimate of drug-likeness (QED) is 0.0390. The van der Waals surface area contributed by atoms with Gasteiger partial charge in [0, 0.05) is 12.8 Å². The molecule has 1 atom stereocenters. The molecule has 0 fully saturated rings. The first-order chi connectivity index (χ1) is 24.6. The van der Waals surface area contributed by atoms with E-state index in [1.54, 1.807) is 0 Å².